The Labute approximate surface area is 88.1 Å². The highest BCUT2D eigenvalue weighted by Gasteiger charge is 2.40. The summed E-state index contributed by atoms with van der Waals surface area (Å²) in [4.78, 5) is 22.1. The molecule has 1 aliphatic heterocycles. The number of alkyl carbamates (subject to hydrolysis) is 1. The molecule has 0 unspecified atom stereocenters. The van der Waals surface area contributed by atoms with Crippen LogP contribution in [-0.2, 0) is 14.3 Å². The van der Waals surface area contributed by atoms with Crippen LogP contribution in [-0.4, -0.2) is 36.4 Å². The van der Waals surface area contributed by atoms with Gasteiger partial charge in [0, 0.05) is 0 Å². The molecular weight excluding hydrogens is 200 g/mol. The molecule has 1 heterocycles. The van der Waals surface area contributed by atoms with Crippen molar-refractivity contribution >= 4 is 12.1 Å². The molecule has 1 amide bonds. The molecule has 1 rings (SSSR count). The summed E-state index contributed by atoms with van der Waals surface area (Å²) < 4.78 is 10.1. The van der Waals surface area contributed by atoms with Crippen molar-refractivity contribution in [3.8, 4) is 0 Å². The molecule has 0 aliphatic carbocycles. The highest BCUT2D eigenvalue weighted by atomic mass is 16.6. The lowest BCUT2D eigenvalue weighted by Gasteiger charge is -2.29. The molecule has 0 spiro atoms. The lowest BCUT2D eigenvalue weighted by Crippen LogP contribution is -2.46. The highest BCUT2D eigenvalue weighted by Crippen LogP contribution is 2.21. The number of nitrogens with two attached hydrogens (primary N) is 1. The van der Waals surface area contributed by atoms with Gasteiger partial charge in [-0.25, -0.2) is 4.79 Å². The summed E-state index contributed by atoms with van der Waals surface area (Å²) in [7, 11) is 0. The zero-order chi connectivity index (χ0) is 11.6. The van der Waals surface area contributed by atoms with Gasteiger partial charge in [-0.05, 0) is 20.8 Å². The van der Waals surface area contributed by atoms with Crippen LogP contribution >= 0.6 is 0 Å². The summed E-state index contributed by atoms with van der Waals surface area (Å²) in [6.07, 6.45) is -0.974. The first-order valence-corrected chi connectivity index (χ1v) is 4.76. The van der Waals surface area contributed by atoms with E-state index in [2.05, 4.69) is 5.32 Å². The van der Waals surface area contributed by atoms with Crippen molar-refractivity contribution in [2.24, 2.45) is 5.73 Å². The number of amides is 1. The Hall–Kier alpha value is -1.30. The lowest BCUT2D eigenvalue weighted by molar-refractivity contribution is -0.166. The van der Waals surface area contributed by atoms with E-state index >= 15 is 0 Å². The number of carbonyl (C=O) groups is 2. The molecule has 0 radical (unpaired) electrons. The largest absolute Gasteiger partial charge is 0.454 e. The van der Waals surface area contributed by atoms with Crippen molar-refractivity contribution in [1.82, 2.24) is 5.32 Å². The van der Waals surface area contributed by atoms with E-state index in [1.54, 1.807) is 13.8 Å². The molecule has 0 aromatic rings. The normalized spacial score (nSPS) is 22.9. The minimum Gasteiger partial charge on any atom is -0.454 e. The van der Waals surface area contributed by atoms with Crippen LogP contribution in [0.4, 0.5) is 4.79 Å². The van der Waals surface area contributed by atoms with Gasteiger partial charge in [-0.1, -0.05) is 0 Å². The SMILES string of the molecule is C[C@H](N)C(=O)OC(C)(C)[C@@H]1CNC(=O)O1. The number of cyclic esters (lactones) is 1. The standard InChI is InChI=1S/C9H16N2O4/c1-5(10)7(12)15-9(2,3)6-4-11-8(13)14-6/h5-6H,4,10H2,1-3H3,(H,11,13)/t5-,6-/m0/s1. The van der Waals surface area contributed by atoms with E-state index in [0.717, 1.165) is 0 Å². The average Bonchev–Trinajstić information content (AvgIpc) is 2.51. The van der Waals surface area contributed by atoms with Gasteiger partial charge in [0.25, 0.3) is 0 Å². The fourth-order valence-corrected chi connectivity index (χ4v) is 1.19. The quantitative estimate of drug-likeness (QED) is 0.635. The Balaban J connectivity index is 2.58. The molecular formula is C9H16N2O4. The maximum atomic E-state index is 11.3. The maximum absolute atomic E-state index is 11.3. The maximum Gasteiger partial charge on any atom is 0.407 e. The van der Waals surface area contributed by atoms with Crippen LogP contribution in [0.15, 0.2) is 0 Å². The van der Waals surface area contributed by atoms with E-state index in [9.17, 15) is 9.59 Å². The van der Waals surface area contributed by atoms with E-state index in [4.69, 9.17) is 15.2 Å². The molecule has 6 heteroatoms. The second-order valence-corrected chi connectivity index (χ2v) is 4.09. The average molecular weight is 216 g/mol. The molecule has 3 N–H and O–H groups in total. The smallest absolute Gasteiger partial charge is 0.407 e. The van der Waals surface area contributed by atoms with E-state index in [0.29, 0.717) is 6.54 Å². The summed E-state index contributed by atoms with van der Waals surface area (Å²) in [5.41, 5.74) is 4.50. The number of carbonyl (C=O) groups excluding carboxylic acids is 2. The summed E-state index contributed by atoms with van der Waals surface area (Å²) in [6.45, 7) is 5.23. The van der Waals surface area contributed by atoms with Gasteiger partial charge in [0.1, 0.15) is 11.6 Å². The fraction of sp³-hybridized carbons (Fsp3) is 0.778. The molecule has 0 saturated carbocycles. The highest BCUT2D eigenvalue weighted by molar-refractivity contribution is 5.75. The second kappa shape index (κ2) is 4.06. The van der Waals surface area contributed by atoms with Crippen LogP contribution < -0.4 is 11.1 Å². The molecule has 15 heavy (non-hydrogen) atoms. The van der Waals surface area contributed by atoms with Crippen LogP contribution in [0.1, 0.15) is 20.8 Å². The third-order valence-corrected chi connectivity index (χ3v) is 2.19. The zero-order valence-electron chi connectivity index (χ0n) is 9.07. The Kier molecular flexibility index (Phi) is 3.18. The van der Waals surface area contributed by atoms with Crippen LogP contribution in [0.3, 0.4) is 0 Å². The topological polar surface area (TPSA) is 90.7 Å². The number of hydrogen-bond acceptors (Lipinski definition) is 5. The van der Waals surface area contributed by atoms with Crippen molar-refractivity contribution in [1.29, 1.82) is 0 Å². The Morgan fingerprint density at radius 2 is 2.33 bits per heavy atom. The minimum absolute atomic E-state index is 0.331. The molecule has 1 saturated heterocycles. The van der Waals surface area contributed by atoms with Gasteiger partial charge in [-0.15, -0.1) is 0 Å². The van der Waals surface area contributed by atoms with E-state index in [1.807, 2.05) is 0 Å². The van der Waals surface area contributed by atoms with Crippen molar-refractivity contribution in [2.45, 2.75) is 38.5 Å². The number of nitrogens with one attached hydrogen (secondary N) is 1. The Morgan fingerprint density at radius 1 is 1.73 bits per heavy atom. The number of hydrogen-bond donors (Lipinski definition) is 2. The summed E-state index contributed by atoms with van der Waals surface area (Å²) in [5.74, 6) is -0.511. The van der Waals surface area contributed by atoms with Crippen molar-refractivity contribution < 1.29 is 19.1 Å². The first-order valence-electron chi connectivity index (χ1n) is 4.76. The molecule has 0 bridgehead atoms. The van der Waals surface area contributed by atoms with Crippen LogP contribution in [0, 0.1) is 0 Å². The summed E-state index contributed by atoms with van der Waals surface area (Å²) in [6, 6.07) is -0.686. The molecule has 86 valence electrons. The molecule has 1 aliphatic rings. The molecule has 6 nitrogen and oxygen atoms in total. The number of rotatable bonds is 3. The molecule has 1 fully saturated rings. The summed E-state index contributed by atoms with van der Waals surface area (Å²) in [5, 5.41) is 2.49. The first-order chi connectivity index (χ1) is 6.83. The van der Waals surface area contributed by atoms with Gasteiger partial charge in [0.15, 0.2) is 6.10 Å². The first kappa shape index (κ1) is 11.8. The predicted molar refractivity (Wildman–Crippen MR) is 52.1 cm³/mol. The monoisotopic (exact) mass is 216 g/mol. The van der Waals surface area contributed by atoms with Gasteiger partial charge in [-0.3, -0.25) is 4.79 Å². The van der Waals surface area contributed by atoms with E-state index in [1.165, 1.54) is 6.92 Å². The lowest BCUT2D eigenvalue weighted by atomic mass is 10.0. The van der Waals surface area contributed by atoms with Gasteiger partial charge in [-0.2, -0.15) is 0 Å². The fourth-order valence-electron chi connectivity index (χ4n) is 1.19. The summed E-state index contributed by atoms with van der Waals surface area (Å²) >= 11 is 0. The van der Waals surface area contributed by atoms with Crippen molar-refractivity contribution in [3.63, 3.8) is 0 Å². The third kappa shape index (κ3) is 2.82. The van der Waals surface area contributed by atoms with Crippen molar-refractivity contribution in [3.05, 3.63) is 0 Å². The zero-order valence-corrected chi connectivity index (χ0v) is 9.07. The van der Waals surface area contributed by atoms with E-state index in [-0.39, 0.29) is 0 Å². The van der Waals surface area contributed by atoms with E-state index < -0.39 is 29.8 Å². The molecule has 2 atom stereocenters. The number of ether oxygens (including phenoxy) is 2. The third-order valence-electron chi connectivity index (χ3n) is 2.19. The molecule has 0 aromatic carbocycles. The van der Waals surface area contributed by atoms with Gasteiger partial charge in [0.05, 0.1) is 6.54 Å². The Bertz CT molecular complexity index is 275. The minimum atomic E-state index is -0.871. The van der Waals surface area contributed by atoms with Crippen LogP contribution in [0.5, 0.6) is 0 Å². The van der Waals surface area contributed by atoms with Gasteiger partial charge in [0.2, 0.25) is 0 Å². The Morgan fingerprint density at radius 3 is 2.73 bits per heavy atom. The second-order valence-electron chi connectivity index (χ2n) is 4.09. The molecule has 0 aromatic heterocycles. The van der Waals surface area contributed by atoms with Gasteiger partial charge < -0.3 is 20.5 Å². The van der Waals surface area contributed by atoms with Crippen LogP contribution in [0.25, 0.3) is 0 Å². The van der Waals surface area contributed by atoms with Gasteiger partial charge >= 0.3 is 12.1 Å². The number of esters is 1. The predicted octanol–water partition coefficient (Wildman–Crippen LogP) is -0.236. The van der Waals surface area contributed by atoms with Crippen LogP contribution in [0.2, 0.25) is 0 Å². The van der Waals surface area contributed by atoms with Crippen molar-refractivity contribution in [2.75, 3.05) is 6.54 Å².